The molecule has 16 heavy (non-hydrogen) atoms. The van der Waals surface area contributed by atoms with Gasteiger partial charge in [0.1, 0.15) is 0 Å². The number of rotatable bonds is 6. The maximum atomic E-state index is 5.66. The third kappa shape index (κ3) is 3.74. The Hall–Kier alpha value is -1.22. The first-order valence-corrected chi connectivity index (χ1v) is 5.65. The van der Waals surface area contributed by atoms with Crippen molar-refractivity contribution in [2.45, 2.75) is 26.4 Å². The van der Waals surface area contributed by atoms with E-state index in [0.29, 0.717) is 0 Å². The van der Waals surface area contributed by atoms with Gasteiger partial charge in [0.15, 0.2) is 11.5 Å². The van der Waals surface area contributed by atoms with Crippen molar-refractivity contribution in [2.24, 2.45) is 0 Å². The number of benzene rings is 1. The van der Waals surface area contributed by atoms with Gasteiger partial charge in [-0.3, -0.25) is 0 Å². The summed E-state index contributed by atoms with van der Waals surface area (Å²) in [6, 6.07) is 6.09. The number of hydrogen-bond acceptors (Lipinski definition) is 3. The third-order valence-corrected chi connectivity index (χ3v) is 2.25. The average Bonchev–Trinajstić information content (AvgIpc) is 2.27. The van der Waals surface area contributed by atoms with E-state index in [1.54, 1.807) is 7.11 Å². The molecule has 0 amide bonds. The monoisotopic (exact) mass is 223 g/mol. The second-order valence-corrected chi connectivity index (χ2v) is 4.01. The van der Waals surface area contributed by atoms with Gasteiger partial charge in [-0.15, -0.1) is 0 Å². The summed E-state index contributed by atoms with van der Waals surface area (Å²) >= 11 is 0. The summed E-state index contributed by atoms with van der Waals surface area (Å²) in [6.45, 7) is 4.98. The van der Waals surface area contributed by atoms with Gasteiger partial charge in [0.2, 0.25) is 0 Å². The van der Waals surface area contributed by atoms with E-state index in [1.165, 1.54) is 5.56 Å². The first-order chi connectivity index (χ1) is 7.67. The standard InChI is InChI=1S/C13H21NO2/c1-10(2)16-12-6-5-11(7-8-14-3)9-13(12)15-4/h5-6,9-10,14H,7-8H2,1-4H3. The minimum atomic E-state index is 0.164. The molecule has 1 aromatic rings. The molecular weight excluding hydrogens is 202 g/mol. The Kier molecular flexibility index (Phi) is 5.12. The van der Waals surface area contributed by atoms with E-state index in [9.17, 15) is 0 Å². The smallest absolute Gasteiger partial charge is 0.161 e. The van der Waals surface area contributed by atoms with Crippen LogP contribution in [0.3, 0.4) is 0 Å². The molecule has 3 heteroatoms. The van der Waals surface area contributed by atoms with Crippen molar-refractivity contribution in [1.82, 2.24) is 5.32 Å². The molecule has 3 nitrogen and oxygen atoms in total. The van der Waals surface area contributed by atoms with Crippen molar-refractivity contribution in [3.63, 3.8) is 0 Å². The molecular formula is C13H21NO2. The van der Waals surface area contributed by atoms with Crippen LogP contribution in [0.25, 0.3) is 0 Å². The Morgan fingerprint density at radius 2 is 2.00 bits per heavy atom. The van der Waals surface area contributed by atoms with Gasteiger partial charge in [0.05, 0.1) is 13.2 Å². The molecule has 0 saturated heterocycles. The molecule has 0 aliphatic carbocycles. The largest absolute Gasteiger partial charge is 0.493 e. The average molecular weight is 223 g/mol. The maximum Gasteiger partial charge on any atom is 0.161 e. The lowest BCUT2D eigenvalue weighted by Gasteiger charge is -2.14. The van der Waals surface area contributed by atoms with Crippen LogP contribution in [0.5, 0.6) is 11.5 Å². The molecule has 0 aromatic heterocycles. The number of methoxy groups -OCH3 is 1. The van der Waals surface area contributed by atoms with Crippen molar-refractivity contribution >= 4 is 0 Å². The topological polar surface area (TPSA) is 30.5 Å². The Labute approximate surface area is 97.8 Å². The first kappa shape index (κ1) is 12.8. The molecule has 0 aliphatic heterocycles. The van der Waals surface area contributed by atoms with Gasteiger partial charge in [-0.1, -0.05) is 6.07 Å². The zero-order chi connectivity index (χ0) is 12.0. The van der Waals surface area contributed by atoms with Crippen molar-refractivity contribution in [3.8, 4) is 11.5 Å². The van der Waals surface area contributed by atoms with Crippen LogP contribution in [0, 0.1) is 0 Å². The van der Waals surface area contributed by atoms with E-state index in [2.05, 4.69) is 11.4 Å². The molecule has 0 aliphatic rings. The van der Waals surface area contributed by atoms with Gasteiger partial charge in [-0.25, -0.2) is 0 Å². The Bertz CT molecular complexity index is 324. The molecule has 0 atom stereocenters. The summed E-state index contributed by atoms with van der Waals surface area (Å²) in [5, 5.41) is 3.13. The summed E-state index contributed by atoms with van der Waals surface area (Å²) in [7, 11) is 3.62. The normalized spacial score (nSPS) is 10.6. The molecule has 0 spiro atoms. The van der Waals surface area contributed by atoms with E-state index < -0.39 is 0 Å². The van der Waals surface area contributed by atoms with Crippen LogP contribution in [-0.2, 0) is 6.42 Å². The van der Waals surface area contributed by atoms with Crippen molar-refractivity contribution in [1.29, 1.82) is 0 Å². The number of nitrogens with one attached hydrogen (secondary N) is 1. The highest BCUT2D eigenvalue weighted by Crippen LogP contribution is 2.28. The van der Waals surface area contributed by atoms with Crippen LogP contribution in [-0.4, -0.2) is 26.8 Å². The van der Waals surface area contributed by atoms with E-state index >= 15 is 0 Å². The highest BCUT2D eigenvalue weighted by atomic mass is 16.5. The molecule has 0 unspecified atom stereocenters. The van der Waals surface area contributed by atoms with Gasteiger partial charge < -0.3 is 14.8 Å². The maximum absolute atomic E-state index is 5.66. The van der Waals surface area contributed by atoms with Crippen LogP contribution < -0.4 is 14.8 Å². The lowest BCUT2D eigenvalue weighted by molar-refractivity contribution is 0.230. The van der Waals surface area contributed by atoms with Gasteiger partial charge in [0.25, 0.3) is 0 Å². The van der Waals surface area contributed by atoms with Crippen LogP contribution in [0.1, 0.15) is 19.4 Å². The molecule has 0 fully saturated rings. The lowest BCUT2D eigenvalue weighted by atomic mass is 10.1. The molecule has 1 N–H and O–H groups in total. The van der Waals surface area contributed by atoms with E-state index in [-0.39, 0.29) is 6.10 Å². The Morgan fingerprint density at radius 3 is 2.56 bits per heavy atom. The zero-order valence-electron chi connectivity index (χ0n) is 10.5. The molecule has 0 bridgehead atoms. The molecule has 0 heterocycles. The molecule has 90 valence electrons. The van der Waals surface area contributed by atoms with Crippen LogP contribution in [0.15, 0.2) is 18.2 Å². The lowest BCUT2D eigenvalue weighted by Crippen LogP contribution is -2.11. The highest BCUT2D eigenvalue weighted by molar-refractivity contribution is 5.43. The predicted molar refractivity (Wildman–Crippen MR) is 66.4 cm³/mol. The van der Waals surface area contributed by atoms with Crippen LogP contribution in [0.4, 0.5) is 0 Å². The van der Waals surface area contributed by atoms with Gasteiger partial charge in [0, 0.05) is 0 Å². The number of ether oxygens (including phenoxy) is 2. The second-order valence-electron chi connectivity index (χ2n) is 4.01. The highest BCUT2D eigenvalue weighted by Gasteiger charge is 2.07. The summed E-state index contributed by atoms with van der Waals surface area (Å²) < 4.78 is 11.0. The predicted octanol–water partition coefficient (Wildman–Crippen LogP) is 2.24. The number of likely N-dealkylation sites (N-methyl/N-ethyl adjacent to an activating group) is 1. The van der Waals surface area contributed by atoms with Gasteiger partial charge >= 0.3 is 0 Å². The fraction of sp³-hybridized carbons (Fsp3) is 0.538. The second kappa shape index (κ2) is 6.38. The van der Waals surface area contributed by atoms with Crippen molar-refractivity contribution in [3.05, 3.63) is 23.8 Å². The summed E-state index contributed by atoms with van der Waals surface area (Å²) in [4.78, 5) is 0. The minimum Gasteiger partial charge on any atom is -0.493 e. The Balaban J connectivity index is 2.79. The summed E-state index contributed by atoms with van der Waals surface area (Å²) in [5.41, 5.74) is 1.25. The van der Waals surface area contributed by atoms with Crippen LogP contribution in [0.2, 0.25) is 0 Å². The quantitative estimate of drug-likeness (QED) is 0.802. The van der Waals surface area contributed by atoms with Gasteiger partial charge in [-0.2, -0.15) is 0 Å². The molecule has 1 rings (SSSR count). The third-order valence-electron chi connectivity index (χ3n) is 2.25. The fourth-order valence-electron chi connectivity index (χ4n) is 1.49. The Morgan fingerprint density at radius 1 is 1.25 bits per heavy atom. The molecule has 0 radical (unpaired) electrons. The van der Waals surface area contributed by atoms with Crippen molar-refractivity contribution < 1.29 is 9.47 Å². The van der Waals surface area contributed by atoms with Gasteiger partial charge in [-0.05, 0) is 51.6 Å². The fourth-order valence-corrected chi connectivity index (χ4v) is 1.49. The van der Waals surface area contributed by atoms with Crippen molar-refractivity contribution in [2.75, 3.05) is 20.7 Å². The number of hydrogen-bond donors (Lipinski definition) is 1. The van der Waals surface area contributed by atoms with E-state index in [4.69, 9.17) is 9.47 Å². The van der Waals surface area contributed by atoms with Crippen LogP contribution >= 0.6 is 0 Å². The van der Waals surface area contributed by atoms with E-state index in [0.717, 1.165) is 24.5 Å². The SMILES string of the molecule is CNCCc1ccc(OC(C)C)c(OC)c1. The molecule has 1 aromatic carbocycles. The minimum absolute atomic E-state index is 0.164. The molecule has 0 saturated carbocycles. The zero-order valence-corrected chi connectivity index (χ0v) is 10.5. The van der Waals surface area contributed by atoms with E-state index in [1.807, 2.05) is 33.0 Å². The summed E-state index contributed by atoms with van der Waals surface area (Å²) in [5.74, 6) is 1.62. The first-order valence-electron chi connectivity index (χ1n) is 5.65. The summed E-state index contributed by atoms with van der Waals surface area (Å²) in [6.07, 6.45) is 1.16.